The summed E-state index contributed by atoms with van der Waals surface area (Å²) in [5.41, 5.74) is 2.83. The number of rotatable bonds is 4. The molecule has 1 atom stereocenters. The monoisotopic (exact) mass is 276 g/mol. The van der Waals surface area contributed by atoms with Crippen molar-refractivity contribution in [1.29, 1.82) is 0 Å². The Kier molecular flexibility index (Phi) is 4.51. The molecule has 0 saturated heterocycles. The Morgan fingerprint density at radius 2 is 1.84 bits per heavy atom. The Morgan fingerprint density at radius 1 is 1.16 bits per heavy atom. The fourth-order valence-electron chi connectivity index (χ4n) is 1.85. The summed E-state index contributed by atoms with van der Waals surface area (Å²) in [6, 6.07) is 9.94. The lowest BCUT2D eigenvalue weighted by molar-refractivity contribution is 0.0850. The lowest BCUT2D eigenvalue weighted by Gasteiger charge is -2.17. The molecule has 0 fully saturated rings. The molecule has 0 spiro atoms. The minimum absolute atomic E-state index is 0.275. The molecule has 0 aliphatic rings. The second kappa shape index (κ2) is 6.13. The molecule has 100 valence electrons. The number of ether oxygens (including phenoxy) is 1. The Hall–Kier alpha value is -1.45. The highest BCUT2D eigenvalue weighted by atomic mass is 35.5. The van der Waals surface area contributed by atoms with E-state index in [1.807, 2.05) is 51.1 Å². The highest BCUT2D eigenvalue weighted by molar-refractivity contribution is 6.30. The number of nitrogens with zero attached hydrogens (tertiary/aromatic N) is 2. The van der Waals surface area contributed by atoms with Crippen LogP contribution in [0.4, 0.5) is 0 Å². The summed E-state index contributed by atoms with van der Waals surface area (Å²) in [6.07, 6.45) is -0.275. The molecule has 3 nitrogen and oxygen atoms in total. The van der Waals surface area contributed by atoms with Crippen molar-refractivity contribution in [2.45, 2.75) is 26.9 Å². The number of aryl methyl sites for hydroxylation is 1. The molecule has 0 aliphatic carbocycles. The number of hydrogen-bond acceptors (Lipinski definition) is 3. The van der Waals surface area contributed by atoms with Crippen molar-refractivity contribution in [2.24, 2.45) is 0 Å². The van der Waals surface area contributed by atoms with Crippen molar-refractivity contribution >= 4 is 11.6 Å². The van der Waals surface area contributed by atoms with Crippen LogP contribution in [0.1, 0.15) is 35.7 Å². The van der Waals surface area contributed by atoms with Gasteiger partial charge in [0.05, 0.1) is 0 Å². The Bertz CT molecular complexity index is 534. The first-order chi connectivity index (χ1) is 9.13. The van der Waals surface area contributed by atoms with Gasteiger partial charge in [-0.2, -0.15) is 0 Å². The molecule has 0 saturated carbocycles. The zero-order valence-electron chi connectivity index (χ0n) is 11.4. The van der Waals surface area contributed by atoms with Crippen LogP contribution < -0.4 is 0 Å². The van der Waals surface area contributed by atoms with E-state index in [4.69, 9.17) is 16.3 Å². The highest BCUT2D eigenvalue weighted by Crippen LogP contribution is 2.26. The molecular formula is C15H17ClN2O. The van der Waals surface area contributed by atoms with E-state index in [1.165, 1.54) is 0 Å². The largest absolute Gasteiger partial charge is 0.366 e. The number of halogens is 1. The van der Waals surface area contributed by atoms with Crippen LogP contribution in [0.2, 0.25) is 5.15 Å². The molecule has 2 aromatic rings. The molecule has 19 heavy (non-hydrogen) atoms. The summed E-state index contributed by atoms with van der Waals surface area (Å²) in [5, 5.41) is 0.489. The highest BCUT2D eigenvalue weighted by Gasteiger charge is 2.19. The first-order valence-electron chi connectivity index (χ1n) is 6.30. The predicted molar refractivity (Wildman–Crippen MR) is 76.4 cm³/mol. The van der Waals surface area contributed by atoms with Crippen molar-refractivity contribution in [3.8, 4) is 0 Å². The summed E-state index contributed by atoms with van der Waals surface area (Å²) >= 11 is 6.14. The van der Waals surface area contributed by atoms with Crippen LogP contribution in [-0.2, 0) is 4.74 Å². The van der Waals surface area contributed by atoms with Gasteiger partial charge in [0.25, 0.3) is 0 Å². The molecule has 1 unspecified atom stereocenters. The van der Waals surface area contributed by atoms with Crippen LogP contribution in [0.3, 0.4) is 0 Å². The predicted octanol–water partition coefficient (Wildman–Crippen LogP) is 3.87. The fraction of sp³-hybridized carbons (Fsp3) is 0.333. The quantitative estimate of drug-likeness (QED) is 0.795. The van der Waals surface area contributed by atoms with E-state index in [1.54, 1.807) is 0 Å². The molecule has 0 bridgehead atoms. The summed E-state index contributed by atoms with van der Waals surface area (Å²) < 4.78 is 5.78. The van der Waals surface area contributed by atoms with Crippen LogP contribution in [0.15, 0.2) is 30.3 Å². The van der Waals surface area contributed by atoms with Crippen molar-refractivity contribution in [1.82, 2.24) is 9.97 Å². The van der Waals surface area contributed by atoms with Crippen LogP contribution in [-0.4, -0.2) is 16.6 Å². The van der Waals surface area contributed by atoms with Gasteiger partial charge in [-0.25, -0.2) is 9.97 Å². The zero-order chi connectivity index (χ0) is 13.8. The molecule has 0 radical (unpaired) electrons. The number of benzene rings is 1. The average Bonchev–Trinajstić information content (AvgIpc) is 2.42. The second-order valence-corrected chi connectivity index (χ2v) is 4.69. The first kappa shape index (κ1) is 14.0. The second-order valence-electron chi connectivity index (χ2n) is 4.33. The summed E-state index contributed by atoms with van der Waals surface area (Å²) in [4.78, 5) is 8.87. The molecule has 0 N–H and O–H groups in total. The molecule has 1 aromatic heterocycles. The molecule has 0 amide bonds. The van der Waals surface area contributed by atoms with Gasteiger partial charge < -0.3 is 4.74 Å². The Morgan fingerprint density at radius 3 is 2.42 bits per heavy atom. The van der Waals surface area contributed by atoms with Gasteiger partial charge in [-0.15, -0.1) is 0 Å². The Balaban J connectivity index is 2.45. The van der Waals surface area contributed by atoms with Crippen molar-refractivity contribution in [3.05, 3.63) is 58.1 Å². The topological polar surface area (TPSA) is 35.0 Å². The van der Waals surface area contributed by atoms with Gasteiger partial charge in [-0.05, 0) is 26.3 Å². The number of hydrogen-bond donors (Lipinski definition) is 0. The van der Waals surface area contributed by atoms with Gasteiger partial charge >= 0.3 is 0 Å². The SMILES string of the molecule is CCOC(c1ccccc1)c1nc(C)c(C)c(Cl)n1. The minimum Gasteiger partial charge on any atom is -0.366 e. The van der Waals surface area contributed by atoms with E-state index < -0.39 is 0 Å². The third-order valence-electron chi connectivity index (χ3n) is 3.02. The Labute approximate surface area is 118 Å². The summed E-state index contributed by atoms with van der Waals surface area (Å²) in [6.45, 7) is 6.39. The summed E-state index contributed by atoms with van der Waals surface area (Å²) in [5.74, 6) is 0.612. The van der Waals surface area contributed by atoms with E-state index in [0.29, 0.717) is 17.6 Å². The molecule has 2 rings (SSSR count). The third kappa shape index (κ3) is 3.11. The lowest BCUT2D eigenvalue weighted by Crippen LogP contribution is -2.12. The van der Waals surface area contributed by atoms with Gasteiger partial charge in [-0.3, -0.25) is 0 Å². The van der Waals surface area contributed by atoms with E-state index >= 15 is 0 Å². The van der Waals surface area contributed by atoms with Crippen LogP contribution in [0.5, 0.6) is 0 Å². The van der Waals surface area contributed by atoms with Gasteiger partial charge in [0.2, 0.25) is 0 Å². The van der Waals surface area contributed by atoms with E-state index in [9.17, 15) is 0 Å². The average molecular weight is 277 g/mol. The van der Waals surface area contributed by atoms with E-state index in [2.05, 4.69) is 9.97 Å². The molecule has 1 aromatic carbocycles. The van der Waals surface area contributed by atoms with Crippen molar-refractivity contribution in [3.63, 3.8) is 0 Å². The summed E-state index contributed by atoms with van der Waals surface area (Å²) in [7, 11) is 0. The van der Waals surface area contributed by atoms with Crippen LogP contribution in [0, 0.1) is 13.8 Å². The molecule has 0 aliphatic heterocycles. The maximum Gasteiger partial charge on any atom is 0.163 e. The standard InChI is InChI=1S/C15H17ClN2O/c1-4-19-13(12-8-6-5-7-9-12)15-17-11(3)10(2)14(16)18-15/h5-9,13H,4H2,1-3H3. The molecule has 4 heteroatoms. The van der Waals surface area contributed by atoms with E-state index in [-0.39, 0.29) is 6.10 Å². The maximum atomic E-state index is 6.14. The number of aromatic nitrogens is 2. The molecular weight excluding hydrogens is 260 g/mol. The van der Waals surface area contributed by atoms with Crippen LogP contribution in [0.25, 0.3) is 0 Å². The molecule has 1 heterocycles. The van der Waals surface area contributed by atoms with Crippen molar-refractivity contribution in [2.75, 3.05) is 6.61 Å². The smallest absolute Gasteiger partial charge is 0.163 e. The van der Waals surface area contributed by atoms with Gasteiger partial charge in [0.15, 0.2) is 5.82 Å². The van der Waals surface area contributed by atoms with Gasteiger partial charge in [0, 0.05) is 17.9 Å². The van der Waals surface area contributed by atoms with Crippen molar-refractivity contribution < 1.29 is 4.74 Å². The zero-order valence-corrected chi connectivity index (χ0v) is 12.1. The van der Waals surface area contributed by atoms with Gasteiger partial charge in [0.1, 0.15) is 11.3 Å². The van der Waals surface area contributed by atoms with Gasteiger partial charge in [-0.1, -0.05) is 41.9 Å². The van der Waals surface area contributed by atoms with Crippen LogP contribution >= 0.6 is 11.6 Å². The van der Waals surface area contributed by atoms with E-state index in [0.717, 1.165) is 16.8 Å². The maximum absolute atomic E-state index is 6.14. The lowest BCUT2D eigenvalue weighted by atomic mass is 10.1. The first-order valence-corrected chi connectivity index (χ1v) is 6.68. The third-order valence-corrected chi connectivity index (χ3v) is 3.39. The normalized spacial score (nSPS) is 12.4. The minimum atomic E-state index is -0.275. The fourth-order valence-corrected chi connectivity index (χ4v) is 2.07.